The van der Waals surface area contributed by atoms with Crippen molar-refractivity contribution in [2.75, 3.05) is 7.05 Å². The molecule has 1 aromatic heterocycles. The largest absolute Gasteiger partial charge is 0.417 e. The second-order valence-corrected chi connectivity index (χ2v) is 6.14. The highest BCUT2D eigenvalue weighted by Crippen LogP contribution is 2.33. The molecule has 3 rings (SSSR count). The van der Waals surface area contributed by atoms with E-state index in [0.717, 1.165) is 5.52 Å². The predicted octanol–water partition coefficient (Wildman–Crippen LogP) is 3.74. The molecule has 0 radical (unpaired) electrons. The smallest absolute Gasteiger partial charge is 0.408 e. The van der Waals surface area contributed by atoms with Crippen LogP contribution >= 0.6 is 0 Å². The Labute approximate surface area is 124 Å². The molecule has 1 unspecified atom stereocenters. The number of aromatic amines is 1. The van der Waals surface area contributed by atoms with Crippen molar-refractivity contribution in [2.24, 2.45) is 5.92 Å². The summed E-state index contributed by atoms with van der Waals surface area (Å²) in [5.41, 5.74) is 2.65. The first-order valence-corrected chi connectivity index (χ1v) is 8.08. The van der Waals surface area contributed by atoms with E-state index in [1.165, 1.54) is 50.5 Å². The average Bonchev–Trinajstić information content (AvgIpc) is 2.81. The molecule has 4 nitrogen and oxygen atoms in total. The van der Waals surface area contributed by atoms with Crippen LogP contribution in [0.15, 0.2) is 27.4 Å². The van der Waals surface area contributed by atoms with Crippen molar-refractivity contribution in [1.29, 1.82) is 0 Å². The molecule has 0 spiro atoms. The molecular formula is C17H24N2O2. The topological polar surface area (TPSA) is 58.0 Å². The fourth-order valence-electron chi connectivity index (χ4n) is 3.65. The van der Waals surface area contributed by atoms with Crippen molar-refractivity contribution in [3.63, 3.8) is 0 Å². The van der Waals surface area contributed by atoms with E-state index in [2.05, 4.69) is 16.4 Å². The van der Waals surface area contributed by atoms with Gasteiger partial charge < -0.3 is 9.73 Å². The molecule has 1 fully saturated rings. The summed E-state index contributed by atoms with van der Waals surface area (Å²) in [7, 11) is 2.03. The van der Waals surface area contributed by atoms with E-state index in [-0.39, 0.29) is 5.76 Å². The summed E-state index contributed by atoms with van der Waals surface area (Å²) in [6, 6.07) is 6.40. The van der Waals surface area contributed by atoms with Crippen LogP contribution in [0.2, 0.25) is 0 Å². The van der Waals surface area contributed by atoms with Gasteiger partial charge in [0.1, 0.15) is 0 Å². The maximum absolute atomic E-state index is 11.3. The Bertz CT molecular complexity index is 636. The number of hydrogen-bond donors (Lipinski definition) is 2. The molecule has 1 aromatic carbocycles. The van der Waals surface area contributed by atoms with E-state index in [0.29, 0.717) is 17.5 Å². The van der Waals surface area contributed by atoms with Gasteiger partial charge in [0.2, 0.25) is 0 Å². The lowest BCUT2D eigenvalue weighted by atomic mass is 9.83. The first-order valence-electron chi connectivity index (χ1n) is 8.08. The van der Waals surface area contributed by atoms with Crippen molar-refractivity contribution in [2.45, 2.75) is 51.0 Å². The Morgan fingerprint density at radius 2 is 1.90 bits per heavy atom. The summed E-state index contributed by atoms with van der Waals surface area (Å²) in [5.74, 6) is 0.285. The van der Waals surface area contributed by atoms with Gasteiger partial charge in [-0.25, -0.2) is 4.79 Å². The van der Waals surface area contributed by atoms with Crippen LogP contribution in [0.1, 0.15) is 56.6 Å². The van der Waals surface area contributed by atoms with Crippen LogP contribution in [0, 0.1) is 5.92 Å². The van der Waals surface area contributed by atoms with E-state index < -0.39 is 0 Å². The first kappa shape index (κ1) is 14.4. The first-order chi connectivity index (χ1) is 10.3. The number of H-pyrrole nitrogens is 1. The molecule has 1 heterocycles. The highest BCUT2D eigenvalue weighted by Gasteiger charge is 2.22. The Morgan fingerprint density at radius 1 is 1.19 bits per heavy atom. The molecule has 0 saturated heterocycles. The number of nitrogens with one attached hydrogen (secondary N) is 2. The monoisotopic (exact) mass is 288 g/mol. The zero-order valence-electron chi connectivity index (χ0n) is 12.7. The standard InChI is InChI=1S/C17H24N2O2/c1-18-16(12-7-5-3-2-4-6-8-12)13-9-10-14-15(11-13)21-17(20)19-14/h9-12,16,18H,2-8H2,1H3,(H,19,20). The van der Waals surface area contributed by atoms with Gasteiger partial charge in [-0.15, -0.1) is 0 Å². The van der Waals surface area contributed by atoms with E-state index in [4.69, 9.17) is 4.42 Å². The summed E-state index contributed by atoms with van der Waals surface area (Å²) in [5, 5.41) is 3.48. The number of hydrogen-bond acceptors (Lipinski definition) is 3. The van der Waals surface area contributed by atoms with Gasteiger partial charge in [0.05, 0.1) is 5.52 Å². The molecule has 2 aromatic rings. The summed E-state index contributed by atoms with van der Waals surface area (Å²) >= 11 is 0. The molecule has 0 bridgehead atoms. The minimum absolute atomic E-state index is 0.340. The maximum Gasteiger partial charge on any atom is 0.417 e. The molecular weight excluding hydrogens is 264 g/mol. The second kappa shape index (κ2) is 6.48. The lowest BCUT2D eigenvalue weighted by molar-refractivity contribution is 0.299. The molecule has 4 heteroatoms. The van der Waals surface area contributed by atoms with Gasteiger partial charge >= 0.3 is 5.76 Å². The quantitative estimate of drug-likeness (QED) is 0.904. The SMILES string of the molecule is CNC(c1ccc2[nH]c(=O)oc2c1)C1CCCCCCC1. The van der Waals surface area contributed by atoms with Gasteiger partial charge in [0, 0.05) is 6.04 Å². The number of benzene rings is 1. The molecule has 2 N–H and O–H groups in total. The van der Waals surface area contributed by atoms with Crippen molar-refractivity contribution >= 4 is 11.1 Å². The molecule has 1 saturated carbocycles. The van der Waals surface area contributed by atoms with Gasteiger partial charge in [-0.1, -0.05) is 38.2 Å². The van der Waals surface area contributed by atoms with Crippen LogP contribution in [-0.4, -0.2) is 12.0 Å². The Morgan fingerprint density at radius 3 is 2.62 bits per heavy atom. The zero-order chi connectivity index (χ0) is 14.7. The second-order valence-electron chi connectivity index (χ2n) is 6.14. The molecule has 1 aliphatic rings. The van der Waals surface area contributed by atoms with Crippen LogP contribution < -0.4 is 11.1 Å². The summed E-state index contributed by atoms with van der Waals surface area (Å²) in [6.45, 7) is 0. The van der Waals surface area contributed by atoms with Crippen LogP contribution in [0.3, 0.4) is 0 Å². The number of rotatable bonds is 3. The third kappa shape index (κ3) is 3.21. The Hall–Kier alpha value is -1.55. The van der Waals surface area contributed by atoms with Crippen molar-refractivity contribution in [3.05, 3.63) is 34.3 Å². The lowest BCUT2D eigenvalue weighted by Gasteiger charge is -2.29. The van der Waals surface area contributed by atoms with Gasteiger partial charge in [-0.05, 0) is 43.5 Å². The minimum Gasteiger partial charge on any atom is -0.408 e. The fraction of sp³-hybridized carbons (Fsp3) is 0.588. The van der Waals surface area contributed by atoms with Crippen LogP contribution in [0.5, 0.6) is 0 Å². The van der Waals surface area contributed by atoms with Crippen molar-refractivity contribution < 1.29 is 4.42 Å². The van der Waals surface area contributed by atoms with Crippen LogP contribution in [-0.2, 0) is 0 Å². The highest BCUT2D eigenvalue weighted by molar-refractivity contribution is 5.72. The zero-order valence-corrected chi connectivity index (χ0v) is 12.7. The summed E-state index contributed by atoms with van der Waals surface area (Å²) in [4.78, 5) is 14.0. The number of oxazole rings is 1. The minimum atomic E-state index is -0.380. The molecule has 1 atom stereocenters. The van der Waals surface area contributed by atoms with Gasteiger partial charge in [0.25, 0.3) is 0 Å². The Balaban J connectivity index is 1.86. The molecule has 0 amide bonds. The van der Waals surface area contributed by atoms with Crippen LogP contribution in [0.4, 0.5) is 0 Å². The van der Waals surface area contributed by atoms with Crippen LogP contribution in [0.25, 0.3) is 11.1 Å². The number of aromatic nitrogens is 1. The number of fused-ring (bicyclic) bond motifs is 1. The molecule has 21 heavy (non-hydrogen) atoms. The predicted molar refractivity (Wildman–Crippen MR) is 84.4 cm³/mol. The molecule has 0 aliphatic heterocycles. The van der Waals surface area contributed by atoms with E-state index in [1.807, 2.05) is 19.2 Å². The van der Waals surface area contributed by atoms with Crippen molar-refractivity contribution in [1.82, 2.24) is 10.3 Å². The highest BCUT2D eigenvalue weighted by atomic mass is 16.4. The summed E-state index contributed by atoms with van der Waals surface area (Å²) < 4.78 is 5.20. The average molecular weight is 288 g/mol. The summed E-state index contributed by atoms with van der Waals surface area (Å²) in [6.07, 6.45) is 9.31. The normalized spacial score (nSPS) is 19.3. The third-order valence-corrected chi connectivity index (χ3v) is 4.74. The molecule has 1 aliphatic carbocycles. The van der Waals surface area contributed by atoms with Gasteiger partial charge in [-0.3, -0.25) is 4.98 Å². The van der Waals surface area contributed by atoms with E-state index >= 15 is 0 Å². The lowest BCUT2D eigenvalue weighted by Crippen LogP contribution is -2.26. The fourth-order valence-corrected chi connectivity index (χ4v) is 3.65. The van der Waals surface area contributed by atoms with Crippen molar-refractivity contribution in [3.8, 4) is 0 Å². The van der Waals surface area contributed by atoms with E-state index in [9.17, 15) is 4.79 Å². The Kier molecular flexibility index (Phi) is 4.44. The molecule has 114 valence electrons. The maximum atomic E-state index is 11.3. The van der Waals surface area contributed by atoms with E-state index in [1.54, 1.807) is 0 Å². The van der Waals surface area contributed by atoms with Gasteiger partial charge in [-0.2, -0.15) is 0 Å². The van der Waals surface area contributed by atoms with Gasteiger partial charge in [0.15, 0.2) is 5.58 Å². The third-order valence-electron chi connectivity index (χ3n) is 4.74.